The summed E-state index contributed by atoms with van der Waals surface area (Å²) in [6, 6.07) is 12.9. The molecule has 0 aliphatic carbocycles. The number of hydrogen-bond acceptors (Lipinski definition) is 4. The predicted octanol–water partition coefficient (Wildman–Crippen LogP) is 3.77. The number of nitrogens with zero attached hydrogens (tertiary/aromatic N) is 4. The Morgan fingerprint density at radius 1 is 1.04 bits per heavy atom. The average molecular weight is 326 g/mol. The summed E-state index contributed by atoms with van der Waals surface area (Å²) >= 11 is 1.70. The first-order valence-electron chi connectivity index (χ1n) is 7.62. The molecule has 0 amide bonds. The third-order valence-corrected chi connectivity index (χ3v) is 4.43. The van der Waals surface area contributed by atoms with Crippen molar-refractivity contribution in [2.45, 2.75) is 13.2 Å². The van der Waals surface area contributed by atoms with Crippen molar-refractivity contribution in [3.63, 3.8) is 0 Å². The van der Waals surface area contributed by atoms with Gasteiger partial charge in [-0.3, -0.25) is 9.58 Å². The lowest BCUT2D eigenvalue weighted by Crippen LogP contribution is -2.22. The lowest BCUT2D eigenvalue weighted by atomic mass is 10.2. The highest BCUT2D eigenvalue weighted by Gasteiger charge is 2.06. The smallest absolute Gasteiger partial charge is 0.0932 e. The van der Waals surface area contributed by atoms with Crippen LogP contribution in [0.15, 0.2) is 53.4 Å². The molecule has 0 aliphatic rings. The van der Waals surface area contributed by atoms with Crippen molar-refractivity contribution in [1.29, 1.82) is 0 Å². The van der Waals surface area contributed by atoms with E-state index in [1.807, 2.05) is 10.9 Å². The van der Waals surface area contributed by atoms with Gasteiger partial charge in [0.2, 0.25) is 0 Å². The molecule has 0 atom stereocenters. The van der Waals surface area contributed by atoms with Gasteiger partial charge in [-0.15, -0.1) is 0 Å². The third kappa shape index (κ3) is 4.00. The van der Waals surface area contributed by atoms with Crippen LogP contribution in [0.2, 0.25) is 0 Å². The molecular formula is C18H22N4S. The number of rotatable bonds is 6. The second-order valence-corrected chi connectivity index (χ2v) is 6.75. The third-order valence-electron chi connectivity index (χ3n) is 3.75. The first kappa shape index (κ1) is 15.8. The van der Waals surface area contributed by atoms with E-state index in [1.165, 1.54) is 16.8 Å². The normalized spacial score (nSPS) is 11.1. The minimum absolute atomic E-state index is 0.777. The van der Waals surface area contributed by atoms with Crippen molar-refractivity contribution in [3.8, 4) is 11.3 Å². The highest BCUT2D eigenvalue weighted by molar-refractivity contribution is 7.08. The molecule has 3 rings (SSSR count). The van der Waals surface area contributed by atoms with Crippen LogP contribution in [0.4, 0.5) is 5.69 Å². The summed E-state index contributed by atoms with van der Waals surface area (Å²) in [5.41, 5.74) is 4.76. The lowest BCUT2D eigenvalue weighted by Gasteiger charge is -2.18. The highest BCUT2D eigenvalue weighted by atomic mass is 32.1. The van der Waals surface area contributed by atoms with Crippen molar-refractivity contribution in [2.75, 3.05) is 26.0 Å². The first-order valence-corrected chi connectivity index (χ1v) is 8.57. The average Bonchev–Trinajstić information content (AvgIpc) is 3.18. The van der Waals surface area contributed by atoms with Gasteiger partial charge in [0.05, 0.1) is 12.4 Å². The fourth-order valence-corrected chi connectivity index (χ4v) is 3.16. The molecule has 0 unspecified atom stereocenters. The predicted molar refractivity (Wildman–Crippen MR) is 97.8 cm³/mol. The SMILES string of the molecule is CN(Cc1ccc(N(C)C)cc1)Cn1ccc(-c2ccsc2)n1. The van der Waals surface area contributed by atoms with Crippen LogP contribution in [0, 0.1) is 0 Å². The highest BCUT2D eigenvalue weighted by Crippen LogP contribution is 2.20. The molecule has 2 aromatic heterocycles. The second kappa shape index (κ2) is 6.98. The van der Waals surface area contributed by atoms with E-state index < -0.39 is 0 Å². The molecule has 0 saturated heterocycles. The Hall–Kier alpha value is -2.11. The van der Waals surface area contributed by atoms with E-state index in [0.717, 1.165) is 18.9 Å². The Morgan fingerprint density at radius 3 is 2.48 bits per heavy atom. The topological polar surface area (TPSA) is 24.3 Å². The van der Waals surface area contributed by atoms with Crippen molar-refractivity contribution >= 4 is 17.0 Å². The summed E-state index contributed by atoms with van der Waals surface area (Å²) in [5, 5.41) is 8.86. The van der Waals surface area contributed by atoms with Gasteiger partial charge < -0.3 is 4.90 Å². The Bertz CT molecular complexity index is 729. The molecule has 0 spiro atoms. The monoisotopic (exact) mass is 326 g/mol. The molecule has 2 heterocycles. The van der Waals surface area contributed by atoms with Gasteiger partial charge in [-0.1, -0.05) is 12.1 Å². The van der Waals surface area contributed by atoms with E-state index in [0.29, 0.717) is 0 Å². The van der Waals surface area contributed by atoms with E-state index in [2.05, 4.69) is 83.2 Å². The number of thiophene rings is 1. The fourth-order valence-electron chi connectivity index (χ4n) is 2.51. The van der Waals surface area contributed by atoms with Gasteiger partial charge in [0, 0.05) is 43.5 Å². The van der Waals surface area contributed by atoms with Crippen LogP contribution in [0.3, 0.4) is 0 Å². The zero-order valence-electron chi connectivity index (χ0n) is 13.8. The number of anilines is 1. The Labute approximate surface area is 141 Å². The Balaban J connectivity index is 1.60. The van der Waals surface area contributed by atoms with E-state index in [9.17, 15) is 0 Å². The van der Waals surface area contributed by atoms with Gasteiger partial charge in [-0.2, -0.15) is 16.4 Å². The van der Waals surface area contributed by atoms with E-state index in [1.54, 1.807) is 11.3 Å². The van der Waals surface area contributed by atoms with Gasteiger partial charge >= 0.3 is 0 Å². The van der Waals surface area contributed by atoms with E-state index in [-0.39, 0.29) is 0 Å². The number of benzene rings is 1. The van der Waals surface area contributed by atoms with Gasteiger partial charge in [0.15, 0.2) is 0 Å². The number of aromatic nitrogens is 2. The maximum Gasteiger partial charge on any atom is 0.0932 e. The van der Waals surface area contributed by atoms with Crippen LogP contribution in [0.25, 0.3) is 11.3 Å². The van der Waals surface area contributed by atoms with Gasteiger partial charge in [0.1, 0.15) is 0 Å². The van der Waals surface area contributed by atoms with Crippen molar-refractivity contribution < 1.29 is 0 Å². The van der Waals surface area contributed by atoms with Crippen molar-refractivity contribution in [1.82, 2.24) is 14.7 Å². The zero-order valence-corrected chi connectivity index (χ0v) is 14.6. The van der Waals surface area contributed by atoms with Gasteiger partial charge in [-0.05, 0) is 42.3 Å². The van der Waals surface area contributed by atoms with Crippen LogP contribution in [-0.4, -0.2) is 35.8 Å². The molecular weight excluding hydrogens is 304 g/mol. The lowest BCUT2D eigenvalue weighted by molar-refractivity contribution is 0.247. The van der Waals surface area contributed by atoms with Crippen LogP contribution in [-0.2, 0) is 13.2 Å². The molecule has 0 fully saturated rings. The summed E-state index contributed by atoms with van der Waals surface area (Å²) in [5.74, 6) is 0. The summed E-state index contributed by atoms with van der Waals surface area (Å²) < 4.78 is 1.99. The summed E-state index contributed by atoms with van der Waals surface area (Å²) in [4.78, 5) is 4.37. The second-order valence-electron chi connectivity index (χ2n) is 5.97. The van der Waals surface area contributed by atoms with Crippen LogP contribution >= 0.6 is 11.3 Å². The molecule has 0 saturated carbocycles. The van der Waals surface area contributed by atoms with Gasteiger partial charge in [-0.25, -0.2) is 0 Å². The maximum atomic E-state index is 4.65. The largest absolute Gasteiger partial charge is 0.378 e. The molecule has 23 heavy (non-hydrogen) atoms. The molecule has 120 valence electrons. The molecule has 0 N–H and O–H groups in total. The molecule has 5 heteroatoms. The Morgan fingerprint density at radius 2 is 1.83 bits per heavy atom. The molecule has 0 bridgehead atoms. The quantitative estimate of drug-likeness (QED) is 0.689. The standard InChI is InChI=1S/C18H22N4S/c1-20(2)17-6-4-15(5-7-17)12-21(3)14-22-10-8-18(19-22)16-9-11-23-13-16/h4-11,13H,12,14H2,1-3H3. The minimum atomic E-state index is 0.777. The summed E-state index contributed by atoms with van der Waals surface area (Å²) in [6.45, 7) is 1.68. The van der Waals surface area contributed by atoms with Crippen LogP contribution in [0.1, 0.15) is 5.56 Å². The molecule has 0 radical (unpaired) electrons. The van der Waals surface area contributed by atoms with Crippen LogP contribution in [0.5, 0.6) is 0 Å². The molecule has 0 aliphatic heterocycles. The number of hydrogen-bond donors (Lipinski definition) is 0. The molecule has 4 nitrogen and oxygen atoms in total. The summed E-state index contributed by atoms with van der Waals surface area (Å²) in [7, 11) is 6.24. The fraction of sp³-hybridized carbons (Fsp3) is 0.278. The minimum Gasteiger partial charge on any atom is -0.378 e. The molecule has 3 aromatic rings. The van der Waals surface area contributed by atoms with E-state index in [4.69, 9.17) is 0 Å². The molecule has 1 aromatic carbocycles. The Kier molecular flexibility index (Phi) is 4.79. The van der Waals surface area contributed by atoms with E-state index >= 15 is 0 Å². The van der Waals surface area contributed by atoms with Crippen LogP contribution < -0.4 is 4.90 Å². The first-order chi connectivity index (χ1) is 11.1. The van der Waals surface area contributed by atoms with Crippen molar-refractivity contribution in [3.05, 3.63) is 58.9 Å². The van der Waals surface area contributed by atoms with Gasteiger partial charge in [0.25, 0.3) is 0 Å². The zero-order chi connectivity index (χ0) is 16.2. The van der Waals surface area contributed by atoms with Crippen molar-refractivity contribution in [2.24, 2.45) is 0 Å². The summed E-state index contributed by atoms with van der Waals surface area (Å²) in [6.07, 6.45) is 2.04. The maximum absolute atomic E-state index is 4.65.